The van der Waals surface area contributed by atoms with Gasteiger partial charge in [-0.2, -0.15) is 0 Å². The number of rotatable bonds is 6. The number of amides is 1. The second kappa shape index (κ2) is 8.65. The third-order valence-corrected chi connectivity index (χ3v) is 3.22. The first-order chi connectivity index (χ1) is 6.67. The third kappa shape index (κ3) is 5.84. The summed E-state index contributed by atoms with van der Waals surface area (Å²) in [6, 6.07) is 0. The zero-order valence-electron chi connectivity index (χ0n) is 9.63. The van der Waals surface area contributed by atoms with Crippen molar-refractivity contribution >= 4 is 22.0 Å². The Hall–Kier alpha value is 0.590. The SMILES string of the molecule is C=CCC(CC(N)=O)(C(=O)[O-])S(=O)(=O)[O-].[Na+].[Na+]. The minimum absolute atomic E-state index is 0. The molecule has 0 fully saturated rings. The van der Waals surface area contributed by atoms with Crippen LogP contribution in [0.4, 0.5) is 0 Å². The van der Waals surface area contributed by atoms with E-state index in [1.807, 2.05) is 0 Å². The third-order valence-electron chi connectivity index (χ3n) is 1.78. The summed E-state index contributed by atoms with van der Waals surface area (Å²) in [6.45, 7) is 3.10. The van der Waals surface area contributed by atoms with Gasteiger partial charge in [-0.1, -0.05) is 6.08 Å². The summed E-state index contributed by atoms with van der Waals surface area (Å²) in [5, 5.41) is 10.6. The molecule has 0 radical (unpaired) electrons. The van der Waals surface area contributed by atoms with Crippen molar-refractivity contribution in [3.8, 4) is 0 Å². The van der Waals surface area contributed by atoms with Gasteiger partial charge in [-0.05, 0) is 6.42 Å². The van der Waals surface area contributed by atoms with E-state index in [1.165, 1.54) is 0 Å². The molecular weight excluding hydrogens is 272 g/mol. The van der Waals surface area contributed by atoms with Crippen LogP contribution < -0.4 is 70.0 Å². The van der Waals surface area contributed by atoms with E-state index in [4.69, 9.17) is 0 Å². The minimum atomic E-state index is -5.27. The summed E-state index contributed by atoms with van der Waals surface area (Å²) in [5.74, 6) is -3.38. The van der Waals surface area contributed by atoms with Gasteiger partial charge in [0, 0.05) is 0 Å². The molecule has 0 aromatic rings. The van der Waals surface area contributed by atoms with Crippen LogP contribution in [-0.4, -0.2) is 29.6 Å². The molecule has 0 aromatic heterocycles. The Morgan fingerprint density at radius 3 is 1.94 bits per heavy atom. The largest absolute Gasteiger partial charge is 1.00 e. The van der Waals surface area contributed by atoms with Crippen molar-refractivity contribution in [2.24, 2.45) is 5.73 Å². The monoisotopic (exact) mass is 281 g/mol. The second-order valence-electron chi connectivity index (χ2n) is 2.87. The maximum absolute atomic E-state index is 10.8. The quantitative estimate of drug-likeness (QED) is 0.291. The molecule has 86 valence electrons. The molecule has 0 bridgehead atoms. The van der Waals surface area contributed by atoms with Crippen LogP contribution in [0.25, 0.3) is 0 Å². The smallest absolute Gasteiger partial charge is 0.747 e. The van der Waals surface area contributed by atoms with Crippen LogP contribution in [0.5, 0.6) is 0 Å². The fourth-order valence-electron chi connectivity index (χ4n) is 1.03. The van der Waals surface area contributed by atoms with E-state index in [0.717, 1.165) is 6.08 Å². The van der Waals surface area contributed by atoms with Crippen LogP contribution in [0, 0.1) is 0 Å². The van der Waals surface area contributed by atoms with Crippen molar-refractivity contribution in [1.82, 2.24) is 0 Å². The molecule has 0 aliphatic carbocycles. The van der Waals surface area contributed by atoms with Crippen LogP contribution in [0.1, 0.15) is 12.8 Å². The molecule has 0 aliphatic heterocycles. The van der Waals surface area contributed by atoms with Gasteiger partial charge < -0.3 is 20.2 Å². The average Bonchev–Trinajstić information content (AvgIpc) is 1.99. The van der Waals surface area contributed by atoms with Gasteiger partial charge >= 0.3 is 59.1 Å². The molecule has 0 heterocycles. The molecule has 0 rings (SSSR count). The van der Waals surface area contributed by atoms with Gasteiger partial charge in [-0.25, -0.2) is 8.42 Å². The molecule has 0 aromatic carbocycles. The van der Waals surface area contributed by atoms with Gasteiger partial charge in [0.1, 0.15) is 14.9 Å². The van der Waals surface area contributed by atoms with E-state index in [1.54, 1.807) is 0 Å². The number of carbonyl (C=O) groups excluding carboxylic acids is 2. The van der Waals surface area contributed by atoms with Crippen molar-refractivity contribution in [2.75, 3.05) is 0 Å². The molecule has 0 saturated heterocycles. The number of carbonyl (C=O) groups is 2. The first-order valence-electron chi connectivity index (χ1n) is 3.73. The topological polar surface area (TPSA) is 140 Å². The minimum Gasteiger partial charge on any atom is -0.747 e. The Kier molecular flexibility index (Phi) is 11.6. The van der Waals surface area contributed by atoms with Crippen molar-refractivity contribution in [3.63, 3.8) is 0 Å². The van der Waals surface area contributed by atoms with Crippen LogP contribution in [0.2, 0.25) is 0 Å². The maximum Gasteiger partial charge on any atom is 1.00 e. The van der Waals surface area contributed by atoms with Gasteiger partial charge in [0.15, 0.2) is 0 Å². The van der Waals surface area contributed by atoms with Crippen LogP contribution in [-0.2, 0) is 19.7 Å². The summed E-state index contributed by atoms with van der Waals surface area (Å²) in [5.41, 5.74) is 4.68. The number of carboxylic acids is 1. The molecule has 2 N–H and O–H groups in total. The number of allylic oxidation sites excluding steroid dienone is 1. The molecule has 0 saturated carbocycles. The van der Waals surface area contributed by atoms with Gasteiger partial charge in [0.25, 0.3) is 0 Å². The molecule has 1 amide bonds. The number of aliphatic carboxylic acids is 1. The first kappa shape index (κ1) is 22.7. The summed E-state index contributed by atoms with van der Waals surface area (Å²) < 4.78 is 29.5. The Morgan fingerprint density at radius 1 is 1.35 bits per heavy atom. The number of carboxylic acid groups (broad SMARTS) is 1. The standard InChI is InChI=1S/C7H11NO6S.2Na/c1-2-3-7(6(10)11,4-5(8)9)15(12,13)14;;/h2H,1,3-4H2,(H2,8,9)(H,10,11)(H,12,13,14);;/q;2*+1/p-2. The summed E-state index contributed by atoms with van der Waals surface area (Å²) in [7, 11) is -5.27. The van der Waals surface area contributed by atoms with E-state index in [9.17, 15) is 27.7 Å². The van der Waals surface area contributed by atoms with Crippen LogP contribution in [0.15, 0.2) is 12.7 Å². The Labute approximate surface area is 143 Å². The van der Waals surface area contributed by atoms with Gasteiger partial charge in [0.05, 0.1) is 12.4 Å². The average molecular weight is 281 g/mol. The Bertz CT molecular complexity index is 395. The predicted octanol–water partition coefficient (Wildman–Crippen LogP) is -8.52. The van der Waals surface area contributed by atoms with Gasteiger partial charge in [-0.15, -0.1) is 6.58 Å². The van der Waals surface area contributed by atoms with Crippen LogP contribution in [0.3, 0.4) is 0 Å². The number of hydrogen-bond acceptors (Lipinski definition) is 6. The molecule has 0 aliphatic rings. The van der Waals surface area contributed by atoms with Crippen molar-refractivity contribution in [3.05, 3.63) is 12.7 Å². The van der Waals surface area contributed by atoms with E-state index in [0.29, 0.717) is 0 Å². The number of nitrogens with two attached hydrogens (primary N) is 1. The van der Waals surface area contributed by atoms with Crippen molar-refractivity contribution in [1.29, 1.82) is 0 Å². The molecule has 1 unspecified atom stereocenters. The van der Waals surface area contributed by atoms with E-state index in [-0.39, 0.29) is 59.1 Å². The Balaban J connectivity index is -0.000000980. The zero-order chi connectivity index (χ0) is 12.3. The fourth-order valence-corrected chi connectivity index (χ4v) is 1.88. The number of primary amides is 1. The van der Waals surface area contributed by atoms with E-state index >= 15 is 0 Å². The molecule has 10 heteroatoms. The zero-order valence-corrected chi connectivity index (χ0v) is 14.5. The summed E-state index contributed by atoms with van der Waals surface area (Å²) in [4.78, 5) is 21.2. The number of hydrogen-bond donors (Lipinski definition) is 1. The van der Waals surface area contributed by atoms with E-state index < -0.39 is 39.6 Å². The molecule has 0 spiro atoms. The van der Waals surface area contributed by atoms with Gasteiger partial charge in [0.2, 0.25) is 5.91 Å². The summed E-state index contributed by atoms with van der Waals surface area (Å²) >= 11 is 0. The predicted molar refractivity (Wildman–Crippen MR) is 46.1 cm³/mol. The van der Waals surface area contributed by atoms with Crippen molar-refractivity contribution < 1.29 is 86.8 Å². The van der Waals surface area contributed by atoms with Crippen LogP contribution >= 0.6 is 0 Å². The normalized spacial score (nSPS) is 13.5. The van der Waals surface area contributed by atoms with Gasteiger partial charge in [-0.3, -0.25) is 4.79 Å². The second-order valence-corrected chi connectivity index (χ2v) is 4.56. The molecule has 7 nitrogen and oxygen atoms in total. The fraction of sp³-hybridized carbons (Fsp3) is 0.429. The van der Waals surface area contributed by atoms with Crippen molar-refractivity contribution in [2.45, 2.75) is 17.6 Å². The summed E-state index contributed by atoms with van der Waals surface area (Å²) in [6.07, 6.45) is -0.967. The molecule has 17 heavy (non-hydrogen) atoms. The maximum atomic E-state index is 10.8. The Morgan fingerprint density at radius 2 is 1.76 bits per heavy atom. The van der Waals surface area contributed by atoms with E-state index in [2.05, 4.69) is 12.3 Å². The molecule has 1 atom stereocenters. The first-order valence-corrected chi connectivity index (χ1v) is 5.14. The molecular formula is C7H9NNa2O6S.